The van der Waals surface area contributed by atoms with Gasteiger partial charge < -0.3 is 10.4 Å². The van der Waals surface area contributed by atoms with Crippen LogP contribution >= 0.6 is 0 Å². The van der Waals surface area contributed by atoms with Crippen molar-refractivity contribution in [2.24, 2.45) is 7.05 Å². The number of amides is 1. The van der Waals surface area contributed by atoms with Gasteiger partial charge in [-0.25, -0.2) is 4.39 Å². The van der Waals surface area contributed by atoms with Gasteiger partial charge in [-0.15, -0.1) is 0 Å². The van der Waals surface area contributed by atoms with Gasteiger partial charge in [0.2, 0.25) is 0 Å². The highest BCUT2D eigenvalue weighted by Crippen LogP contribution is 2.25. The molecule has 1 heterocycles. The van der Waals surface area contributed by atoms with Crippen molar-refractivity contribution in [3.05, 3.63) is 65.6 Å². The van der Waals surface area contributed by atoms with Crippen molar-refractivity contribution in [2.75, 3.05) is 5.32 Å². The van der Waals surface area contributed by atoms with Gasteiger partial charge in [-0.05, 0) is 30.3 Å². The fourth-order valence-electron chi connectivity index (χ4n) is 2.45. The van der Waals surface area contributed by atoms with Crippen LogP contribution in [0.2, 0.25) is 0 Å². The molecule has 2 N–H and O–H groups in total. The number of halogens is 1. The number of aromatic nitrogens is 2. The van der Waals surface area contributed by atoms with Crippen molar-refractivity contribution in [1.29, 1.82) is 5.26 Å². The third-order valence-electron chi connectivity index (χ3n) is 3.66. The summed E-state index contributed by atoms with van der Waals surface area (Å²) in [6, 6.07) is 13.9. The number of carbonyl (C=O) groups excluding carboxylic acids is 1. The van der Waals surface area contributed by atoms with Crippen LogP contribution in [0.3, 0.4) is 0 Å². The van der Waals surface area contributed by atoms with Crippen molar-refractivity contribution in [3.63, 3.8) is 0 Å². The summed E-state index contributed by atoms with van der Waals surface area (Å²) in [5, 5.41) is 27.0. The van der Waals surface area contributed by atoms with E-state index in [1.165, 1.54) is 24.3 Å². The van der Waals surface area contributed by atoms with E-state index in [9.17, 15) is 19.6 Å². The lowest BCUT2D eigenvalue weighted by Crippen LogP contribution is -2.15. The Morgan fingerprint density at radius 2 is 1.92 bits per heavy atom. The number of benzene rings is 2. The van der Waals surface area contributed by atoms with Crippen LogP contribution in [-0.4, -0.2) is 20.8 Å². The Kier molecular flexibility index (Phi) is 4.18. The molecule has 25 heavy (non-hydrogen) atoms. The van der Waals surface area contributed by atoms with Crippen LogP contribution < -0.4 is 5.32 Å². The maximum atomic E-state index is 12.9. The van der Waals surface area contributed by atoms with Gasteiger partial charge in [0.1, 0.15) is 17.6 Å². The van der Waals surface area contributed by atoms with Crippen LogP contribution in [0.4, 0.5) is 10.1 Å². The standard InChI is InChI=1S/C18H13FN4O2/c1-23-15-5-3-2-4-13(15)16(22-23)17(24)14(10-20)18(25)21-12-8-6-11(19)7-9-12/h2-9,24H,1H3,(H,21,25)/b17-14-. The van der Waals surface area contributed by atoms with Gasteiger partial charge in [0.25, 0.3) is 5.91 Å². The molecule has 0 fully saturated rings. The number of para-hydroxylation sites is 1. The molecule has 6 nitrogen and oxygen atoms in total. The largest absolute Gasteiger partial charge is 0.504 e. The Morgan fingerprint density at radius 1 is 1.24 bits per heavy atom. The number of rotatable bonds is 3. The lowest BCUT2D eigenvalue weighted by Gasteiger charge is -2.05. The molecule has 0 spiro atoms. The number of aryl methyl sites for hydroxylation is 1. The number of nitrogens with zero attached hydrogens (tertiary/aromatic N) is 3. The molecule has 1 amide bonds. The summed E-state index contributed by atoms with van der Waals surface area (Å²) < 4.78 is 14.5. The van der Waals surface area contributed by atoms with E-state index in [2.05, 4.69) is 10.4 Å². The molecule has 0 saturated heterocycles. The molecule has 0 unspecified atom stereocenters. The zero-order valence-corrected chi connectivity index (χ0v) is 13.2. The van der Waals surface area contributed by atoms with E-state index in [1.807, 2.05) is 12.1 Å². The Balaban J connectivity index is 2.01. The number of nitrogens with one attached hydrogen (secondary N) is 1. The van der Waals surface area contributed by atoms with E-state index in [1.54, 1.807) is 29.9 Å². The molecule has 0 radical (unpaired) electrons. The summed E-state index contributed by atoms with van der Waals surface area (Å²) in [6.07, 6.45) is 0. The number of aliphatic hydroxyl groups excluding tert-OH is 1. The molecule has 7 heteroatoms. The van der Waals surface area contributed by atoms with Gasteiger partial charge in [-0.1, -0.05) is 18.2 Å². The Hall–Kier alpha value is -3.66. The normalized spacial score (nSPS) is 11.7. The van der Waals surface area contributed by atoms with Crippen LogP contribution in [0, 0.1) is 17.1 Å². The molecule has 0 saturated carbocycles. The Morgan fingerprint density at radius 3 is 2.60 bits per heavy atom. The summed E-state index contributed by atoms with van der Waals surface area (Å²) in [7, 11) is 1.70. The summed E-state index contributed by atoms with van der Waals surface area (Å²) in [5.41, 5.74) is 0.718. The zero-order valence-electron chi connectivity index (χ0n) is 13.2. The maximum Gasteiger partial charge on any atom is 0.270 e. The first kappa shape index (κ1) is 16.2. The number of hydrogen-bond acceptors (Lipinski definition) is 4. The average Bonchev–Trinajstić information content (AvgIpc) is 2.95. The van der Waals surface area contributed by atoms with Crippen LogP contribution in [0.25, 0.3) is 16.7 Å². The molecule has 3 rings (SSSR count). The molecular weight excluding hydrogens is 323 g/mol. The molecule has 0 aliphatic heterocycles. The van der Waals surface area contributed by atoms with Gasteiger partial charge >= 0.3 is 0 Å². The number of carbonyl (C=O) groups is 1. The second-order valence-electron chi connectivity index (χ2n) is 5.29. The summed E-state index contributed by atoms with van der Waals surface area (Å²) in [4.78, 5) is 12.3. The van der Waals surface area contributed by atoms with Gasteiger partial charge in [0.05, 0.1) is 5.52 Å². The highest BCUT2D eigenvalue weighted by molar-refractivity contribution is 6.11. The fourth-order valence-corrected chi connectivity index (χ4v) is 2.45. The van der Waals surface area contributed by atoms with Gasteiger partial charge in [0, 0.05) is 18.1 Å². The minimum absolute atomic E-state index is 0.143. The molecule has 1 aromatic heterocycles. The van der Waals surface area contributed by atoms with Gasteiger partial charge in [0.15, 0.2) is 11.3 Å². The Labute approximate surface area is 142 Å². The fraction of sp³-hybridized carbons (Fsp3) is 0.0556. The van der Waals surface area contributed by atoms with Gasteiger partial charge in [-0.2, -0.15) is 10.4 Å². The lowest BCUT2D eigenvalue weighted by molar-refractivity contribution is -0.112. The third kappa shape index (κ3) is 3.05. The number of fused-ring (bicyclic) bond motifs is 1. The predicted octanol–water partition coefficient (Wildman–Crippen LogP) is 3.14. The molecule has 2 aromatic carbocycles. The van der Waals surface area contributed by atoms with E-state index in [0.29, 0.717) is 11.1 Å². The topological polar surface area (TPSA) is 90.9 Å². The van der Waals surface area contributed by atoms with Crippen LogP contribution in [-0.2, 0) is 11.8 Å². The predicted molar refractivity (Wildman–Crippen MR) is 90.9 cm³/mol. The quantitative estimate of drug-likeness (QED) is 0.437. The molecule has 124 valence electrons. The van der Waals surface area contributed by atoms with Crippen molar-refractivity contribution in [3.8, 4) is 6.07 Å². The van der Waals surface area contributed by atoms with Crippen molar-refractivity contribution < 1.29 is 14.3 Å². The number of anilines is 1. The second-order valence-corrected chi connectivity index (χ2v) is 5.29. The number of aliphatic hydroxyl groups is 1. The highest BCUT2D eigenvalue weighted by atomic mass is 19.1. The minimum atomic E-state index is -0.804. The summed E-state index contributed by atoms with van der Waals surface area (Å²) in [5.74, 6) is -1.77. The number of nitriles is 1. The van der Waals surface area contributed by atoms with Crippen LogP contribution in [0.15, 0.2) is 54.1 Å². The molecule has 0 atom stereocenters. The SMILES string of the molecule is Cn1nc(/C(O)=C(\C#N)C(=O)Nc2ccc(F)cc2)c2ccccc21. The monoisotopic (exact) mass is 336 g/mol. The molecule has 0 aliphatic carbocycles. The van der Waals surface area contributed by atoms with E-state index < -0.39 is 23.1 Å². The number of hydrogen-bond donors (Lipinski definition) is 2. The van der Waals surface area contributed by atoms with E-state index >= 15 is 0 Å². The second kappa shape index (κ2) is 6.45. The summed E-state index contributed by atoms with van der Waals surface area (Å²) >= 11 is 0. The highest BCUT2D eigenvalue weighted by Gasteiger charge is 2.21. The van der Waals surface area contributed by atoms with Crippen molar-refractivity contribution in [2.45, 2.75) is 0 Å². The van der Waals surface area contributed by atoms with Crippen LogP contribution in [0.5, 0.6) is 0 Å². The maximum absolute atomic E-state index is 12.9. The zero-order chi connectivity index (χ0) is 18.0. The first-order valence-corrected chi connectivity index (χ1v) is 7.33. The lowest BCUT2D eigenvalue weighted by atomic mass is 10.1. The molecular formula is C18H13FN4O2. The van der Waals surface area contributed by atoms with Crippen molar-refractivity contribution in [1.82, 2.24) is 9.78 Å². The van der Waals surface area contributed by atoms with E-state index in [-0.39, 0.29) is 5.69 Å². The third-order valence-corrected chi connectivity index (χ3v) is 3.66. The first-order valence-electron chi connectivity index (χ1n) is 7.33. The van der Waals surface area contributed by atoms with E-state index in [0.717, 1.165) is 5.52 Å². The first-order chi connectivity index (χ1) is 12.0. The molecule has 0 bridgehead atoms. The molecule has 3 aromatic rings. The Bertz CT molecular complexity index is 1030. The van der Waals surface area contributed by atoms with Crippen molar-refractivity contribution >= 4 is 28.3 Å². The average molecular weight is 336 g/mol. The molecule has 0 aliphatic rings. The summed E-state index contributed by atoms with van der Waals surface area (Å²) in [6.45, 7) is 0. The van der Waals surface area contributed by atoms with Gasteiger partial charge in [-0.3, -0.25) is 9.48 Å². The van der Waals surface area contributed by atoms with E-state index in [4.69, 9.17) is 0 Å². The minimum Gasteiger partial charge on any atom is -0.504 e. The van der Waals surface area contributed by atoms with Crippen LogP contribution in [0.1, 0.15) is 5.69 Å². The smallest absolute Gasteiger partial charge is 0.270 e.